The number of carbonyl (C=O) groups is 1. The van der Waals surface area contributed by atoms with E-state index in [2.05, 4.69) is 0 Å². The first-order chi connectivity index (χ1) is 11.1. The molecule has 0 radical (unpaired) electrons. The number of benzene rings is 2. The molecule has 0 heterocycles. The maximum atomic E-state index is 11.1. The minimum Gasteiger partial charge on any atom is -0.493 e. The molecule has 0 aliphatic carbocycles. The van der Waals surface area contributed by atoms with Crippen LogP contribution in [0.3, 0.4) is 0 Å². The zero-order valence-electron chi connectivity index (χ0n) is 13.2. The second-order valence-corrected chi connectivity index (χ2v) is 4.64. The fourth-order valence-electron chi connectivity index (χ4n) is 2.12. The van der Waals surface area contributed by atoms with E-state index in [4.69, 9.17) is 24.1 Å². The molecule has 0 aromatic heterocycles. The molecule has 2 aromatic rings. The van der Waals surface area contributed by atoms with Crippen molar-refractivity contribution in [3.05, 3.63) is 42.0 Å². The molecule has 0 aliphatic heterocycles. The van der Waals surface area contributed by atoms with Gasteiger partial charge in [-0.25, -0.2) is 0 Å². The lowest BCUT2D eigenvalue weighted by Gasteiger charge is -2.16. The molecule has 122 valence electrons. The van der Waals surface area contributed by atoms with E-state index < -0.39 is 5.97 Å². The van der Waals surface area contributed by atoms with Crippen molar-refractivity contribution in [1.82, 2.24) is 0 Å². The van der Waals surface area contributed by atoms with Crippen LogP contribution in [0.5, 0.6) is 28.7 Å². The van der Waals surface area contributed by atoms with Gasteiger partial charge in [0.25, 0.3) is 0 Å². The van der Waals surface area contributed by atoms with Gasteiger partial charge >= 0.3 is 5.97 Å². The van der Waals surface area contributed by atoms with Crippen LogP contribution in [0.1, 0.15) is 5.56 Å². The molecule has 0 saturated heterocycles. The minimum absolute atomic E-state index is 0.204. The summed E-state index contributed by atoms with van der Waals surface area (Å²) in [5.41, 5.74) is 0.473. The fraction of sp³-hybridized carbons (Fsp3) is 0.235. The first-order valence-corrected chi connectivity index (χ1v) is 6.86. The molecule has 0 unspecified atom stereocenters. The molecule has 0 amide bonds. The van der Waals surface area contributed by atoms with Gasteiger partial charge in [-0.2, -0.15) is 0 Å². The lowest BCUT2D eigenvalue weighted by Crippen LogP contribution is -2.04. The molecule has 2 aromatic carbocycles. The Morgan fingerprint density at radius 3 is 2.00 bits per heavy atom. The van der Waals surface area contributed by atoms with Crippen LogP contribution < -0.4 is 18.9 Å². The number of methoxy groups -OCH3 is 3. The minimum atomic E-state index is -0.970. The third-order valence-electron chi connectivity index (χ3n) is 3.20. The van der Waals surface area contributed by atoms with Crippen LogP contribution in [0.25, 0.3) is 0 Å². The monoisotopic (exact) mass is 318 g/mol. The van der Waals surface area contributed by atoms with E-state index in [-0.39, 0.29) is 6.42 Å². The van der Waals surface area contributed by atoms with Crippen LogP contribution >= 0.6 is 0 Å². The number of hydrogen-bond donors (Lipinski definition) is 1. The Kier molecular flexibility index (Phi) is 5.30. The molecular weight excluding hydrogens is 300 g/mol. The molecule has 6 nitrogen and oxygen atoms in total. The summed E-state index contributed by atoms with van der Waals surface area (Å²) in [6.45, 7) is 0. The molecule has 2 rings (SSSR count). The van der Waals surface area contributed by atoms with Gasteiger partial charge < -0.3 is 24.1 Å². The Balaban J connectivity index is 2.48. The van der Waals surface area contributed by atoms with Crippen molar-refractivity contribution in [1.29, 1.82) is 0 Å². The average Bonchev–Trinajstić information content (AvgIpc) is 2.55. The maximum absolute atomic E-state index is 11.1. The molecule has 23 heavy (non-hydrogen) atoms. The summed E-state index contributed by atoms with van der Waals surface area (Å²) in [7, 11) is 4.53. The lowest BCUT2D eigenvalue weighted by atomic mass is 10.1. The summed E-state index contributed by atoms with van der Waals surface area (Å²) < 4.78 is 21.6. The van der Waals surface area contributed by atoms with Gasteiger partial charge in [0.15, 0.2) is 23.0 Å². The summed E-state index contributed by atoms with van der Waals surface area (Å²) in [4.78, 5) is 11.1. The first kappa shape index (κ1) is 16.5. The molecular formula is C17H18O6. The van der Waals surface area contributed by atoms with Crippen molar-refractivity contribution in [3.8, 4) is 28.7 Å². The van der Waals surface area contributed by atoms with Crippen molar-refractivity contribution in [3.63, 3.8) is 0 Å². The first-order valence-electron chi connectivity index (χ1n) is 6.86. The summed E-state index contributed by atoms with van der Waals surface area (Å²) in [5, 5.41) is 9.10. The number of ether oxygens (including phenoxy) is 4. The average molecular weight is 318 g/mol. The van der Waals surface area contributed by atoms with Crippen LogP contribution in [0.4, 0.5) is 0 Å². The van der Waals surface area contributed by atoms with Crippen LogP contribution in [0.15, 0.2) is 36.4 Å². The van der Waals surface area contributed by atoms with Gasteiger partial charge in [-0.05, 0) is 18.2 Å². The zero-order chi connectivity index (χ0) is 16.8. The smallest absolute Gasteiger partial charge is 0.307 e. The quantitative estimate of drug-likeness (QED) is 0.845. The Morgan fingerprint density at radius 1 is 0.870 bits per heavy atom. The molecule has 0 spiro atoms. The Morgan fingerprint density at radius 2 is 1.43 bits per heavy atom. The molecule has 0 fully saturated rings. The highest BCUT2D eigenvalue weighted by Crippen LogP contribution is 2.39. The van der Waals surface area contributed by atoms with Crippen molar-refractivity contribution in [2.45, 2.75) is 6.42 Å². The van der Waals surface area contributed by atoms with E-state index in [1.165, 1.54) is 21.3 Å². The summed E-state index contributed by atoms with van der Waals surface area (Å²) in [6, 6.07) is 10.3. The van der Waals surface area contributed by atoms with E-state index in [0.717, 1.165) is 0 Å². The van der Waals surface area contributed by atoms with E-state index in [1.54, 1.807) is 30.3 Å². The molecule has 0 bridgehead atoms. The third-order valence-corrected chi connectivity index (χ3v) is 3.20. The van der Waals surface area contributed by atoms with E-state index in [9.17, 15) is 4.79 Å². The largest absolute Gasteiger partial charge is 0.493 e. The summed E-state index contributed by atoms with van der Waals surface area (Å²) in [6.07, 6.45) is -0.204. The van der Waals surface area contributed by atoms with Crippen molar-refractivity contribution in [2.75, 3.05) is 21.3 Å². The number of para-hydroxylation sites is 2. The van der Waals surface area contributed by atoms with E-state index >= 15 is 0 Å². The Hall–Kier alpha value is -2.89. The molecule has 6 heteroatoms. The van der Waals surface area contributed by atoms with Crippen LogP contribution in [0, 0.1) is 0 Å². The standard InChI is InChI=1S/C17H18O6/c1-20-12-6-4-5-7-13(12)23-14-10-16(22-3)15(21-2)8-11(14)9-17(18)19/h4-8,10H,9H2,1-3H3,(H,18,19). The predicted octanol–water partition coefficient (Wildman–Crippen LogP) is 3.13. The van der Waals surface area contributed by atoms with Crippen molar-refractivity contribution in [2.24, 2.45) is 0 Å². The second-order valence-electron chi connectivity index (χ2n) is 4.64. The topological polar surface area (TPSA) is 74.2 Å². The number of carboxylic acids is 1. The molecule has 0 aliphatic rings. The van der Waals surface area contributed by atoms with Gasteiger partial charge in [0.05, 0.1) is 27.8 Å². The van der Waals surface area contributed by atoms with Gasteiger partial charge in [0, 0.05) is 11.6 Å². The summed E-state index contributed by atoms with van der Waals surface area (Å²) in [5.74, 6) is 1.32. The second kappa shape index (κ2) is 7.40. The highest BCUT2D eigenvalue weighted by Gasteiger charge is 2.16. The fourth-order valence-corrected chi connectivity index (χ4v) is 2.12. The molecule has 1 N–H and O–H groups in total. The molecule has 0 saturated carbocycles. The van der Waals surface area contributed by atoms with Crippen molar-refractivity contribution >= 4 is 5.97 Å². The van der Waals surface area contributed by atoms with Gasteiger partial charge in [-0.3, -0.25) is 4.79 Å². The molecule has 0 atom stereocenters. The van der Waals surface area contributed by atoms with Crippen LogP contribution in [0.2, 0.25) is 0 Å². The normalized spacial score (nSPS) is 10.0. The Bertz CT molecular complexity index is 695. The lowest BCUT2D eigenvalue weighted by molar-refractivity contribution is -0.136. The van der Waals surface area contributed by atoms with Gasteiger partial charge in [0.2, 0.25) is 0 Å². The highest BCUT2D eigenvalue weighted by atomic mass is 16.5. The summed E-state index contributed by atoms with van der Waals surface area (Å²) >= 11 is 0. The SMILES string of the molecule is COc1cc(CC(=O)O)c(Oc2ccccc2OC)cc1OC. The van der Waals surface area contributed by atoms with E-state index in [0.29, 0.717) is 34.3 Å². The van der Waals surface area contributed by atoms with Crippen LogP contribution in [-0.4, -0.2) is 32.4 Å². The van der Waals surface area contributed by atoms with Crippen LogP contribution in [-0.2, 0) is 11.2 Å². The third kappa shape index (κ3) is 3.85. The van der Waals surface area contributed by atoms with Gasteiger partial charge in [0.1, 0.15) is 5.75 Å². The van der Waals surface area contributed by atoms with Crippen molar-refractivity contribution < 1.29 is 28.8 Å². The predicted molar refractivity (Wildman–Crippen MR) is 84.0 cm³/mol. The van der Waals surface area contributed by atoms with Gasteiger partial charge in [-0.15, -0.1) is 0 Å². The number of carboxylic acid groups (broad SMARTS) is 1. The van der Waals surface area contributed by atoms with Gasteiger partial charge in [-0.1, -0.05) is 12.1 Å². The maximum Gasteiger partial charge on any atom is 0.307 e. The van der Waals surface area contributed by atoms with E-state index in [1.807, 2.05) is 6.07 Å². The zero-order valence-corrected chi connectivity index (χ0v) is 13.2. The number of aliphatic carboxylic acids is 1. The number of hydrogen-bond acceptors (Lipinski definition) is 5. The Labute approximate surface area is 134 Å². The number of rotatable bonds is 7. The highest BCUT2D eigenvalue weighted by molar-refractivity contribution is 5.72.